The van der Waals surface area contributed by atoms with E-state index in [4.69, 9.17) is 5.11 Å². The van der Waals surface area contributed by atoms with E-state index in [1.165, 1.54) is 12.1 Å². The molecule has 0 saturated heterocycles. The van der Waals surface area contributed by atoms with Gasteiger partial charge in [-0.05, 0) is 18.6 Å². The van der Waals surface area contributed by atoms with E-state index in [9.17, 15) is 9.18 Å². The summed E-state index contributed by atoms with van der Waals surface area (Å²) in [5.74, 6) is -1.92. The molecule has 0 saturated carbocycles. The molecule has 0 fully saturated rings. The Morgan fingerprint density at radius 2 is 2.18 bits per heavy atom. The van der Waals surface area contributed by atoms with Gasteiger partial charge in [-0.3, -0.25) is 0 Å². The predicted molar refractivity (Wildman–Crippen MR) is 60.5 cm³/mol. The average molecular weight is 234 g/mol. The molecular formula is C12H11FN2O2. The minimum atomic E-state index is -1.20. The Hall–Kier alpha value is -2.04. The van der Waals surface area contributed by atoms with Crippen LogP contribution in [0, 0.1) is 5.82 Å². The number of fused-ring (bicyclic) bond motifs is 1. The van der Waals surface area contributed by atoms with Crippen LogP contribution in [0.3, 0.4) is 0 Å². The molecule has 1 heterocycles. The number of hydrogen-bond donors (Lipinski definition) is 1. The van der Waals surface area contributed by atoms with Crippen LogP contribution in [0.5, 0.6) is 0 Å². The van der Waals surface area contributed by atoms with Gasteiger partial charge in [-0.25, -0.2) is 19.2 Å². The largest absolute Gasteiger partial charge is 0.475 e. The highest BCUT2D eigenvalue weighted by molar-refractivity contribution is 5.88. The molecule has 0 bridgehead atoms. The van der Waals surface area contributed by atoms with Crippen molar-refractivity contribution in [2.24, 2.45) is 0 Å². The summed E-state index contributed by atoms with van der Waals surface area (Å²) < 4.78 is 13.1. The Morgan fingerprint density at radius 3 is 2.82 bits per heavy atom. The molecule has 0 atom stereocenters. The summed E-state index contributed by atoms with van der Waals surface area (Å²) in [6.45, 7) is 1.97. The van der Waals surface area contributed by atoms with E-state index in [-0.39, 0.29) is 5.82 Å². The number of aromatic nitrogens is 2. The Balaban J connectivity index is 2.71. The van der Waals surface area contributed by atoms with Gasteiger partial charge in [-0.2, -0.15) is 0 Å². The number of carboxylic acid groups (broad SMARTS) is 1. The van der Waals surface area contributed by atoms with Crippen molar-refractivity contribution in [1.29, 1.82) is 0 Å². The molecule has 88 valence electrons. The average Bonchev–Trinajstić information content (AvgIpc) is 2.28. The smallest absolute Gasteiger partial charge is 0.373 e. The molecule has 0 aliphatic heterocycles. The van der Waals surface area contributed by atoms with Crippen LogP contribution in [-0.4, -0.2) is 21.0 Å². The molecule has 0 radical (unpaired) electrons. The quantitative estimate of drug-likeness (QED) is 0.885. The van der Waals surface area contributed by atoms with Gasteiger partial charge in [0.05, 0.1) is 11.2 Å². The first kappa shape index (κ1) is 11.4. The number of hydrogen-bond acceptors (Lipinski definition) is 3. The number of carbonyl (C=O) groups is 1. The van der Waals surface area contributed by atoms with Crippen LogP contribution in [0.2, 0.25) is 0 Å². The maximum absolute atomic E-state index is 13.1. The van der Waals surface area contributed by atoms with E-state index in [0.717, 1.165) is 6.42 Å². The Labute approximate surface area is 97.1 Å². The lowest BCUT2D eigenvalue weighted by Crippen LogP contribution is -2.07. The van der Waals surface area contributed by atoms with E-state index >= 15 is 0 Å². The summed E-state index contributed by atoms with van der Waals surface area (Å²) in [6.07, 6.45) is 1.48. The molecule has 0 aliphatic carbocycles. The van der Waals surface area contributed by atoms with Gasteiger partial charge in [-0.1, -0.05) is 13.3 Å². The molecule has 0 amide bonds. The topological polar surface area (TPSA) is 63.1 Å². The minimum Gasteiger partial charge on any atom is -0.475 e. The molecule has 4 nitrogen and oxygen atoms in total. The number of aromatic carboxylic acids is 1. The zero-order chi connectivity index (χ0) is 12.4. The minimum absolute atomic E-state index is 0.286. The van der Waals surface area contributed by atoms with Crippen molar-refractivity contribution in [2.75, 3.05) is 0 Å². The lowest BCUT2D eigenvalue weighted by Gasteiger charge is -2.05. The molecule has 0 aliphatic rings. The van der Waals surface area contributed by atoms with Crippen molar-refractivity contribution < 1.29 is 14.3 Å². The number of rotatable bonds is 3. The van der Waals surface area contributed by atoms with Gasteiger partial charge in [-0.15, -0.1) is 0 Å². The van der Waals surface area contributed by atoms with Crippen molar-refractivity contribution in [3.63, 3.8) is 0 Å². The molecule has 1 aromatic heterocycles. The summed E-state index contributed by atoms with van der Waals surface area (Å²) in [5.41, 5.74) is 0.982. The van der Waals surface area contributed by atoms with Crippen molar-refractivity contribution in [3.05, 3.63) is 35.5 Å². The maximum Gasteiger partial charge on any atom is 0.373 e. The molecule has 1 N–H and O–H groups in total. The lowest BCUT2D eigenvalue weighted by molar-refractivity contribution is 0.0683. The van der Waals surface area contributed by atoms with Crippen LogP contribution in [-0.2, 0) is 6.42 Å². The van der Waals surface area contributed by atoms with Gasteiger partial charge in [0.2, 0.25) is 5.82 Å². The van der Waals surface area contributed by atoms with Gasteiger partial charge in [0, 0.05) is 11.5 Å². The molecule has 17 heavy (non-hydrogen) atoms. The second-order valence-electron chi connectivity index (χ2n) is 3.71. The number of benzene rings is 1. The Morgan fingerprint density at radius 1 is 1.41 bits per heavy atom. The number of carboxylic acids is 1. The Bertz CT molecular complexity index is 584. The van der Waals surface area contributed by atoms with E-state index in [1.807, 2.05) is 6.92 Å². The van der Waals surface area contributed by atoms with Crippen molar-refractivity contribution in [2.45, 2.75) is 19.8 Å². The second-order valence-corrected chi connectivity index (χ2v) is 3.71. The standard InChI is InChI=1S/C12H11FN2O2/c1-2-3-9-8-5-4-7(13)6-10(8)15-11(14-9)12(16)17/h4-6H,2-3H2,1H3,(H,16,17). The molecule has 5 heteroatoms. The van der Waals surface area contributed by atoms with Gasteiger partial charge >= 0.3 is 5.97 Å². The summed E-state index contributed by atoms with van der Waals surface area (Å²) in [7, 11) is 0. The predicted octanol–water partition coefficient (Wildman–Crippen LogP) is 2.42. The number of nitrogens with zero attached hydrogens (tertiary/aromatic N) is 2. The van der Waals surface area contributed by atoms with E-state index in [0.29, 0.717) is 23.0 Å². The van der Waals surface area contributed by atoms with Crippen LogP contribution in [0.15, 0.2) is 18.2 Å². The summed E-state index contributed by atoms with van der Waals surface area (Å²) in [5, 5.41) is 9.59. The highest BCUT2D eigenvalue weighted by Crippen LogP contribution is 2.18. The highest BCUT2D eigenvalue weighted by atomic mass is 19.1. The fraction of sp³-hybridized carbons (Fsp3) is 0.250. The zero-order valence-electron chi connectivity index (χ0n) is 9.27. The van der Waals surface area contributed by atoms with E-state index in [2.05, 4.69) is 9.97 Å². The third-order valence-corrected chi connectivity index (χ3v) is 2.42. The first-order valence-corrected chi connectivity index (χ1v) is 5.31. The highest BCUT2D eigenvalue weighted by Gasteiger charge is 2.12. The third-order valence-electron chi connectivity index (χ3n) is 2.42. The molecule has 2 aromatic rings. The Kier molecular flexibility index (Phi) is 2.99. The van der Waals surface area contributed by atoms with Gasteiger partial charge in [0.25, 0.3) is 0 Å². The van der Waals surface area contributed by atoms with Crippen LogP contribution >= 0.6 is 0 Å². The summed E-state index contributed by atoms with van der Waals surface area (Å²) >= 11 is 0. The SMILES string of the molecule is CCCc1nc(C(=O)O)nc2cc(F)ccc12. The van der Waals surface area contributed by atoms with Gasteiger partial charge in [0.15, 0.2) is 0 Å². The molecule has 2 rings (SSSR count). The number of aryl methyl sites for hydroxylation is 1. The molecular weight excluding hydrogens is 223 g/mol. The molecule has 0 unspecified atom stereocenters. The van der Waals surface area contributed by atoms with Gasteiger partial charge in [0.1, 0.15) is 5.82 Å². The van der Waals surface area contributed by atoms with Crippen LogP contribution < -0.4 is 0 Å². The van der Waals surface area contributed by atoms with Crippen molar-refractivity contribution >= 4 is 16.9 Å². The van der Waals surface area contributed by atoms with Crippen molar-refractivity contribution in [1.82, 2.24) is 9.97 Å². The first-order chi connectivity index (χ1) is 8.11. The van der Waals surface area contributed by atoms with Gasteiger partial charge < -0.3 is 5.11 Å². The second kappa shape index (κ2) is 4.45. The molecule has 0 spiro atoms. The summed E-state index contributed by atoms with van der Waals surface area (Å²) in [4.78, 5) is 18.7. The lowest BCUT2D eigenvalue weighted by atomic mass is 10.1. The third kappa shape index (κ3) is 2.22. The zero-order valence-corrected chi connectivity index (χ0v) is 9.27. The maximum atomic E-state index is 13.1. The summed E-state index contributed by atoms with van der Waals surface area (Å²) in [6, 6.07) is 4.13. The van der Waals surface area contributed by atoms with Crippen molar-refractivity contribution in [3.8, 4) is 0 Å². The number of halogens is 1. The first-order valence-electron chi connectivity index (χ1n) is 5.31. The monoisotopic (exact) mass is 234 g/mol. The van der Waals surface area contributed by atoms with Crippen LogP contribution in [0.25, 0.3) is 10.9 Å². The fourth-order valence-electron chi connectivity index (χ4n) is 1.69. The van der Waals surface area contributed by atoms with E-state index in [1.54, 1.807) is 6.07 Å². The van der Waals surface area contributed by atoms with Crippen LogP contribution in [0.4, 0.5) is 4.39 Å². The fourth-order valence-corrected chi connectivity index (χ4v) is 1.69. The van der Waals surface area contributed by atoms with E-state index < -0.39 is 11.8 Å². The normalized spacial score (nSPS) is 10.7. The van der Waals surface area contributed by atoms with Crippen LogP contribution in [0.1, 0.15) is 29.7 Å². The molecule has 1 aromatic carbocycles.